The Morgan fingerprint density at radius 2 is 2.00 bits per heavy atom. The van der Waals surface area contributed by atoms with Gasteiger partial charge in [0, 0.05) is 42.1 Å². The van der Waals surface area contributed by atoms with Gasteiger partial charge in [-0.05, 0) is 38.0 Å². The van der Waals surface area contributed by atoms with Crippen LogP contribution in [0, 0.1) is 13.8 Å². The van der Waals surface area contributed by atoms with Crippen LogP contribution in [0.1, 0.15) is 22.8 Å². The molecule has 0 aliphatic rings. The van der Waals surface area contributed by atoms with Gasteiger partial charge in [0.1, 0.15) is 4.83 Å². The van der Waals surface area contributed by atoms with Gasteiger partial charge >= 0.3 is 0 Å². The minimum atomic E-state index is 0.0215. The fourth-order valence-corrected chi connectivity index (χ4v) is 4.83. The third-order valence-electron chi connectivity index (χ3n) is 4.54. The fraction of sp³-hybridized carbons (Fsp3) is 0.316. The molecule has 0 saturated heterocycles. The average molecular weight is 414 g/mol. The summed E-state index contributed by atoms with van der Waals surface area (Å²) in [5.74, 6) is 1.99. The Balaban J connectivity index is 1.40. The van der Waals surface area contributed by atoms with E-state index in [-0.39, 0.29) is 5.56 Å². The highest BCUT2D eigenvalue weighted by molar-refractivity contribution is 7.99. The van der Waals surface area contributed by atoms with Crippen LogP contribution < -0.4 is 5.56 Å². The van der Waals surface area contributed by atoms with Gasteiger partial charge in [-0.25, -0.2) is 4.98 Å². The summed E-state index contributed by atoms with van der Waals surface area (Å²) in [5.41, 5.74) is 1.94. The first-order valence-electron chi connectivity index (χ1n) is 8.87. The van der Waals surface area contributed by atoms with Gasteiger partial charge in [0.2, 0.25) is 11.7 Å². The van der Waals surface area contributed by atoms with E-state index in [1.807, 2.05) is 26.0 Å². The van der Waals surface area contributed by atoms with Crippen LogP contribution in [0.4, 0.5) is 0 Å². The van der Waals surface area contributed by atoms with E-state index in [1.54, 1.807) is 47.1 Å². The highest BCUT2D eigenvalue weighted by Gasteiger charge is 2.15. The number of thioether (sulfide) groups is 1. The number of fused-ring (bicyclic) bond motifs is 1. The average Bonchev–Trinajstić information content (AvgIpc) is 3.28. The van der Waals surface area contributed by atoms with E-state index in [2.05, 4.69) is 15.1 Å². The minimum absolute atomic E-state index is 0.0215. The number of hydrogen-bond acceptors (Lipinski definition) is 8. The van der Waals surface area contributed by atoms with Gasteiger partial charge in [0.05, 0.1) is 5.39 Å². The molecule has 0 N–H and O–H groups in total. The summed E-state index contributed by atoms with van der Waals surface area (Å²) in [7, 11) is 1.78. The van der Waals surface area contributed by atoms with E-state index < -0.39 is 0 Å². The first kappa shape index (κ1) is 18.8. The van der Waals surface area contributed by atoms with Crippen LogP contribution in [0.5, 0.6) is 0 Å². The molecule has 0 aliphatic heterocycles. The number of aryl methyl sites for hydroxylation is 3. The Kier molecular flexibility index (Phi) is 5.27. The van der Waals surface area contributed by atoms with Gasteiger partial charge in [-0.2, -0.15) is 4.98 Å². The van der Waals surface area contributed by atoms with E-state index in [9.17, 15) is 4.79 Å². The molecule has 4 heterocycles. The van der Waals surface area contributed by atoms with Gasteiger partial charge < -0.3 is 4.52 Å². The van der Waals surface area contributed by atoms with E-state index >= 15 is 0 Å². The first-order valence-corrected chi connectivity index (χ1v) is 10.7. The molecule has 0 atom stereocenters. The monoisotopic (exact) mass is 413 g/mol. The number of aromatic nitrogens is 5. The molecule has 0 radical (unpaired) electrons. The molecule has 0 unspecified atom stereocenters. The van der Waals surface area contributed by atoms with Gasteiger partial charge in [-0.1, -0.05) is 16.9 Å². The Morgan fingerprint density at radius 1 is 1.21 bits per heavy atom. The molecule has 28 heavy (non-hydrogen) atoms. The van der Waals surface area contributed by atoms with Gasteiger partial charge in [-0.3, -0.25) is 14.3 Å². The Labute approximate surface area is 169 Å². The molecule has 4 aromatic heterocycles. The van der Waals surface area contributed by atoms with Crippen molar-refractivity contribution < 1.29 is 4.52 Å². The summed E-state index contributed by atoms with van der Waals surface area (Å²) < 4.78 is 6.97. The number of rotatable bonds is 6. The Hall–Kier alpha value is -2.52. The Bertz CT molecular complexity index is 1180. The lowest BCUT2D eigenvalue weighted by Gasteiger charge is -2.06. The Morgan fingerprint density at radius 3 is 2.79 bits per heavy atom. The lowest BCUT2D eigenvalue weighted by Crippen LogP contribution is -2.19. The van der Waals surface area contributed by atoms with E-state index in [0.29, 0.717) is 18.1 Å². The first-order chi connectivity index (χ1) is 13.5. The zero-order chi connectivity index (χ0) is 19.7. The zero-order valence-electron chi connectivity index (χ0n) is 15.8. The van der Waals surface area contributed by atoms with E-state index in [4.69, 9.17) is 9.51 Å². The van der Waals surface area contributed by atoms with Gasteiger partial charge in [0.25, 0.3) is 5.56 Å². The highest BCUT2D eigenvalue weighted by Crippen LogP contribution is 2.28. The molecule has 0 saturated carbocycles. The van der Waals surface area contributed by atoms with Crippen LogP contribution in [0.3, 0.4) is 0 Å². The van der Waals surface area contributed by atoms with Crippen LogP contribution in [0.15, 0.2) is 39.0 Å². The smallest absolute Gasteiger partial charge is 0.262 e. The molecular weight excluding hydrogens is 394 g/mol. The molecule has 0 fully saturated rings. The van der Waals surface area contributed by atoms with Crippen molar-refractivity contribution in [2.24, 2.45) is 7.05 Å². The SMILES string of the molecule is Cc1sc2nc(SCCCc3nc(-c4ccncc4)no3)n(C)c(=O)c2c1C. The highest BCUT2D eigenvalue weighted by atomic mass is 32.2. The van der Waals surface area contributed by atoms with E-state index in [0.717, 1.165) is 43.6 Å². The normalized spacial score (nSPS) is 11.4. The third kappa shape index (κ3) is 3.59. The summed E-state index contributed by atoms with van der Waals surface area (Å²) in [4.78, 5) is 27.7. The van der Waals surface area contributed by atoms with Crippen molar-refractivity contribution in [3.8, 4) is 11.4 Å². The summed E-state index contributed by atoms with van der Waals surface area (Å²) >= 11 is 3.15. The third-order valence-corrected chi connectivity index (χ3v) is 6.76. The van der Waals surface area contributed by atoms with E-state index in [1.165, 1.54) is 0 Å². The van der Waals surface area contributed by atoms with Crippen molar-refractivity contribution in [3.63, 3.8) is 0 Å². The predicted octanol–water partition coefficient (Wildman–Crippen LogP) is 3.78. The molecule has 7 nitrogen and oxygen atoms in total. The second-order valence-electron chi connectivity index (χ2n) is 6.42. The molecule has 0 bridgehead atoms. The van der Waals surface area contributed by atoms with Crippen LogP contribution in [-0.2, 0) is 13.5 Å². The number of hydrogen-bond donors (Lipinski definition) is 0. The molecule has 0 aromatic carbocycles. The van der Waals surface area contributed by atoms with Gasteiger partial charge in [-0.15, -0.1) is 11.3 Å². The maximum absolute atomic E-state index is 12.7. The zero-order valence-corrected chi connectivity index (χ0v) is 17.4. The quantitative estimate of drug-likeness (QED) is 0.270. The topological polar surface area (TPSA) is 86.7 Å². The van der Waals surface area contributed by atoms with Gasteiger partial charge in [0.15, 0.2) is 5.16 Å². The maximum Gasteiger partial charge on any atom is 0.262 e. The largest absolute Gasteiger partial charge is 0.339 e. The lowest BCUT2D eigenvalue weighted by molar-refractivity contribution is 0.378. The molecule has 144 valence electrons. The number of thiophene rings is 1. The van der Waals surface area contributed by atoms with Crippen LogP contribution in [0.25, 0.3) is 21.6 Å². The number of nitrogens with zero attached hydrogens (tertiary/aromatic N) is 5. The fourth-order valence-electron chi connectivity index (χ4n) is 2.85. The van der Waals surface area contributed by atoms with Crippen LogP contribution in [-0.4, -0.2) is 30.4 Å². The molecule has 4 aromatic rings. The lowest BCUT2D eigenvalue weighted by atomic mass is 10.2. The molecule has 0 aliphatic carbocycles. The van der Waals surface area contributed by atoms with Crippen molar-refractivity contribution in [2.45, 2.75) is 31.8 Å². The van der Waals surface area contributed by atoms with Crippen molar-refractivity contribution >= 4 is 33.3 Å². The van der Waals surface area contributed by atoms with Crippen molar-refractivity contribution in [3.05, 3.63) is 51.2 Å². The van der Waals surface area contributed by atoms with Crippen LogP contribution >= 0.6 is 23.1 Å². The standard InChI is InChI=1S/C19H19N5O2S2/c1-11-12(2)28-17-15(11)18(25)24(3)19(22-17)27-10-4-5-14-21-16(23-26-14)13-6-8-20-9-7-13/h6-9H,4-5,10H2,1-3H3. The summed E-state index contributed by atoms with van der Waals surface area (Å²) in [6.45, 7) is 4.01. The molecular formula is C19H19N5O2S2. The number of pyridine rings is 1. The molecule has 0 spiro atoms. The van der Waals surface area contributed by atoms with Crippen molar-refractivity contribution in [1.82, 2.24) is 24.7 Å². The summed E-state index contributed by atoms with van der Waals surface area (Å²) in [5, 5.41) is 5.49. The second-order valence-corrected chi connectivity index (χ2v) is 8.69. The van der Waals surface area contributed by atoms with Crippen LogP contribution in [0.2, 0.25) is 0 Å². The van der Waals surface area contributed by atoms with Crippen molar-refractivity contribution in [2.75, 3.05) is 5.75 Å². The summed E-state index contributed by atoms with van der Waals surface area (Å²) in [6, 6.07) is 3.70. The molecule has 4 rings (SSSR count). The molecule has 9 heteroatoms. The molecule has 0 amide bonds. The predicted molar refractivity (Wildman–Crippen MR) is 111 cm³/mol. The van der Waals surface area contributed by atoms with Crippen molar-refractivity contribution in [1.29, 1.82) is 0 Å². The minimum Gasteiger partial charge on any atom is -0.339 e. The second kappa shape index (κ2) is 7.84. The maximum atomic E-state index is 12.7. The summed E-state index contributed by atoms with van der Waals surface area (Å²) in [6.07, 6.45) is 4.93.